The lowest BCUT2D eigenvalue weighted by Crippen LogP contribution is -2.32. The fourth-order valence-electron chi connectivity index (χ4n) is 4.93. The second-order valence-corrected chi connectivity index (χ2v) is 9.89. The van der Waals surface area contributed by atoms with Crippen LogP contribution in [0.2, 0.25) is 5.02 Å². The van der Waals surface area contributed by atoms with E-state index >= 15 is 0 Å². The summed E-state index contributed by atoms with van der Waals surface area (Å²) < 4.78 is 43.1. The van der Waals surface area contributed by atoms with Crippen LogP contribution in [0.1, 0.15) is 28.2 Å². The van der Waals surface area contributed by atoms with Crippen LogP contribution in [-0.4, -0.2) is 16.2 Å². The molecular weight excluding hydrogens is 533 g/mol. The lowest BCUT2D eigenvalue weighted by atomic mass is 9.91. The van der Waals surface area contributed by atoms with Crippen molar-refractivity contribution in [3.63, 3.8) is 0 Å². The van der Waals surface area contributed by atoms with Gasteiger partial charge in [-0.15, -0.1) is 11.6 Å². The summed E-state index contributed by atoms with van der Waals surface area (Å²) >= 11 is 6.33. The molecule has 0 saturated heterocycles. The van der Waals surface area contributed by atoms with Crippen molar-refractivity contribution in [1.82, 2.24) is 9.63 Å². The Morgan fingerprint density at radius 3 is 2.12 bits per heavy atom. The second kappa shape index (κ2) is 12.0. The predicted molar refractivity (Wildman–Crippen MR) is 154 cm³/mol. The number of fused-ring (bicyclic) bond motifs is 1. The van der Waals surface area contributed by atoms with Crippen LogP contribution in [0.5, 0.6) is 5.75 Å². The van der Waals surface area contributed by atoms with Crippen LogP contribution >= 0.6 is 11.6 Å². The Kier molecular flexibility index (Phi) is 8.29. The first-order valence-electron chi connectivity index (χ1n) is 12.9. The van der Waals surface area contributed by atoms with Crippen molar-refractivity contribution >= 4 is 22.5 Å². The van der Waals surface area contributed by atoms with Crippen LogP contribution in [0.4, 0.5) is 13.2 Å². The number of halogens is 4. The number of hydroxylamine groups is 2. The van der Waals surface area contributed by atoms with Crippen molar-refractivity contribution < 1.29 is 18.0 Å². The van der Waals surface area contributed by atoms with Crippen molar-refractivity contribution in [2.24, 2.45) is 0 Å². The first-order chi connectivity index (χ1) is 19.3. The van der Waals surface area contributed by atoms with E-state index in [0.29, 0.717) is 24.4 Å². The van der Waals surface area contributed by atoms with E-state index in [1.165, 1.54) is 6.07 Å². The number of hydrogen-bond acceptors (Lipinski definition) is 2. The zero-order valence-corrected chi connectivity index (χ0v) is 22.4. The zero-order chi connectivity index (χ0) is 28.1. The number of benzene rings is 4. The average molecular weight is 561 g/mol. The Morgan fingerprint density at radius 2 is 1.50 bits per heavy atom. The van der Waals surface area contributed by atoms with E-state index < -0.39 is 11.7 Å². The van der Waals surface area contributed by atoms with Crippen LogP contribution in [0.3, 0.4) is 0 Å². The molecule has 0 N–H and O–H groups in total. The lowest BCUT2D eigenvalue weighted by Gasteiger charge is -2.29. The van der Waals surface area contributed by atoms with E-state index in [0.717, 1.165) is 28.1 Å². The van der Waals surface area contributed by atoms with Crippen molar-refractivity contribution in [3.05, 3.63) is 149 Å². The molecule has 0 aliphatic carbocycles. The SMILES string of the molecule is C=CCn1ccc2c(ON(Cc3cccc(C(F)(F)F)c3Cl)CC(c3ccccc3)c3ccccc3)cccc21. The van der Waals surface area contributed by atoms with Gasteiger partial charge >= 0.3 is 6.18 Å². The molecule has 1 heterocycles. The van der Waals surface area contributed by atoms with Crippen LogP contribution in [0.25, 0.3) is 10.9 Å². The quantitative estimate of drug-likeness (QED) is 0.125. The van der Waals surface area contributed by atoms with Gasteiger partial charge in [0.25, 0.3) is 0 Å². The molecule has 0 fully saturated rings. The van der Waals surface area contributed by atoms with Crippen molar-refractivity contribution in [3.8, 4) is 5.75 Å². The second-order valence-electron chi connectivity index (χ2n) is 9.51. The van der Waals surface area contributed by atoms with Gasteiger partial charge in [-0.2, -0.15) is 13.2 Å². The number of rotatable bonds is 10. The predicted octanol–water partition coefficient (Wildman–Crippen LogP) is 9.13. The number of allylic oxidation sites excluding steroid dienone is 1. The van der Waals surface area contributed by atoms with Crippen molar-refractivity contribution in [2.75, 3.05) is 6.54 Å². The number of aromatic nitrogens is 1. The Labute approximate surface area is 236 Å². The lowest BCUT2D eigenvalue weighted by molar-refractivity contribution is -0.137. The summed E-state index contributed by atoms with van der Waals surface area (Å²) in [6.45, 7) is 4.88. The molecule has 0 atom stereocenters. The normalized spacial score (nSPS) is 11.8. The Hall–Kier alpha value is -4.00. The van der Waals surface area contributed by atoms with E-state index in [2.05, 4.69) is 11.1 Å². The summed E-state index contributed by atoms with van der Waals surface area (Å²) in [6, 6.07) is 31.7. The van der Waals surface area contributed by atoms with Crippen molar-refractivity contribution in [2.45, 2.75) is 25.2 Å². The van der Waals surface area contributed by atoms with Gasteiger partial charge in [-0.1, -0.05) is 96.5 Å². The maximum Gasteiger partial charge on any atom is 0.417 e. The van der Waals surface area contributed by atoms with Gasteiger partial charge in [0.15, 0.2) is 5.75 Å². The van der Waals surface area contributed by atoms with Gasteiger partial charge in [-0.25, -0.2) is 0 Å². The molecular formula is C33H28ClF3N2O. The minimum Gasteiger partial charge on any atom is -0.405 e. The monoisotopic (exact) mass is 560 g/mol. The summed E-state index contributed by atoms with van der Waals surface area (Å²) in [5, 5.41) is 2.27. The summed E-state index contributed by atoms with van der Waals surface area (Å²) in [6.07, 6.45) is -0.780. The van der Waals surface area contributed by atoms with Crippen LogP contribution in [0, 0.1) is 0 Å². The first kappa shape index (κ1) is 27.6. The fourth-order valence-corrected chi connectivity index (χ4v) is 5.23. The number of alkyl halides is 3. The van der Waals surface area contributed by atoms with E-state index in [-0.39, 0.29) is 17.5 Å². The zero-order valence-electron chi connectivity index (χ0n) is 21.7. The minimum absolute atomic E-state index is 0.0443. The molecule has 0 radical (unpaired) electrons. The Bertz CT molecular complexity index is 1540. The smallest absolute Gasteiger partial charge is 0.405 e. The first-order valence-corrected chi connectivity index (χ1v) is 13.3. The van der Waals surface area contributed by atoms with E-state index in [4.69, 9.17) is 16.4 Å². The number of nitrogens with zero attached hydrogens (tertiary/aromatic N) is 2. The third-order valence-electron chi connectivity index (χ3n) is 6.85. The molecule has 0 amide bonds. The van der Waals surface area contributed by atoms with Crippen LogP contribution < -0.4 is 4.84 Å². The summed E-state index contributed by atoms with van der Waals surface area (Å²) in [5.41, 5.74) is 2.56. The van der Waals surface area contributed by atoms with Crippen LogP contribution in [-0.2, 0) is 19.3 Å². The largest absolute Gasteiger partial charge is 0.417 e. The highest BCUT2D eigenvalue weighted by Gasteiger charge is 2.34. The molecule has 7 heteroatoms. The molecule has 5 aromatic rings. The molecule has 204 valence electrons. The van der Waals surface area contributed by atoms with E-state index in [1.807, 2.05) is 97.2 Å². The molecule has 1 aromatic heterocycles. The molecule has 0 saturated carbocycles. The van der Waals surface area contributed by atoms with Gasteiger partial charge in [0.05, 0.1) is 22.6 Å². The van der Waals surface area contributed by atoms with Gasteiger partial charge in [0.2, 0.25) is 0 Å². The summed E-state index contributed by atoms with van der Waals surface area (Å²) in [7, 11) is 0. The van der Waals surface area contributed by atoms with Gasteiger partial charge in [0.1, 0.15) is 0 Å². The molecule has 0 bridgehead atoms. The van der Waals surface area contributed by atoms with Gasteiger partial charge in [-0.05, 0) is 41.0 Å². The van der Waals surface area contributed by atoms with Crippen LogP contribution in [0.15, 0.2) is 122 Å². The summed E-state index contributed by atoms with van der Waals surface area (Å²) in [5.74, 6) is 0.486. The molecule has 5 rings (SSSR count). The minimum atomic E-state index is -4.56. The highest BCUT2D eigenvalue weighted by molar-refractivity contribution is 6.32. The third-order valence-corrected chi connectivity index (χ3v) is 7.29. The molecule has 40 heavy (non-hydrogen) atoms. The topological polar surface area (TPSA) is 17.4 Å². The van der Waals surface area contributed by atoms with Gasteiger partial charge < -0.3 is 9.40 Å². The maximum absolute atomic E-state index is 13.7. The Morgan fingerprint density at radius 1 is 0.850 bits per heavy atom. The molecule has 0 aliphatic rings. The standard InChI is InChI=1S/C33H28ClF3N2O/c1-2-20-38-21-19-27-30(38)17-10-18-31(27)40-39(22-26-15-9-16-29(32(26)34)33(35,36)37)23-28(24-11-5-3-6-12-24)25-13-7-4-8-14-25/h2-19,21,28H,1,20,22-23H2. The number of hydrogen-bond donors (Lipinski definition) is 0. The maximum atomic E-state index is 13.7. The van der Waals surface area contributed by atoms with Crippen molar-refractivity contribution in [1.29, 1.82) is 0 Å². The molecule has 0 spiro atoms. The van der Waals surface area contributed by atoms with Gasteiger partial charge in [0, 0.05) is 30.6 Å². The highest BCUT2D eigenvalue weighted by atomic mass is 35.5. The average Bonchev–Trinajstić information content (AvgIpc) is 3.37. The van der Waals surface area contributed by atoms with E-state index in [1.54, 1.807) is 11.1 Å². The highest BCUT2D eigenvalue weighted by Crippen LogP contribution is 2.37. The van der Waals surface area contributed by atoms with Gasteiger partial charge in [-0.3, -0.25) is 0 Å². The molecule has 3 nitrogen and oxygen atoms in total. The molecule has 0 aliphatic heterocycles. The summed E-state index contributed by atoms with van der Waals surface area (Å²) in [4.78, 5) is 6.53. The molecule has 0 unspecified atom stereocenters. The Balaban J connectivity index is 1.56. The molecule has 4 aromatic carbocycles. The fraction of sp³-hybridized carbons (Fsp3) is 0.152. The van der Waals surface area contributed by atoms with E-state index in [9.17, 15) is 13.2 Å². The third kappa shape index (κ3) is 6.09.